The molecule has 0 aliphatic carbocycles. The Morgan fingerprint density at radius 3 is 1.25 bits per heavy atom. The third kappa shape index (κ3) is 9.86. The molecule has 278 valence electrons. The van der Waals surface area contributed by atoms with Crippen molar-refractivity contribution in [3.63, 3.8) is 0 Å². The first kappa shape index (κ1) is 40.8. The molecule has 0 aliphatic heterocycles. The van der Waals surface area contributed by atoms with Crippen molar-refractivity contribution in [3.8, 4) is 0 Å². The van der Waals surface area contributed by atoms with Crippen molar-refractivity contribution in [2.45, 2.75) is 37.5 Å². The Morgan fingerprint density at radius 2 is 0.927 bits per heavy atom. The summed E-state index contributed by atoms with van der Waals surface area (Å²) in [6.45, 7) is 7.71. The number of rotatable bonds is 12. The second-order valence-electron chi connectivity index (χ2n) is 12.1. The van der Waals surface area contributed by atoms with Crippen molar-refractivity contribution in [3.05, 3.63) is 131 Å². The molecule has 0 amide bonds. The first-order chi connectivity index (χ1) is 25.7. The van der Waals surface area contributed by atoms with Gasteiger partial charge >= 0.3 is 29.6 Å². The normalized spacial score (nSPS) is 11.5. The molecule has 16 nitrogen and oxygen atoms in total. The summed E-state index contributed by atoms with van der Waals surface area (Å²) >= 11 is 0. The molecule has 2 aromatic heterocycles. The third-order valence-corrected chi connectivity index (χ3v) is 9.92. The molecule has 0 bridgehead atoms. The van der Waals surface area contributed by atoms with E-state index in [2.05, 4.69) is 40.8 Å². The topological polar surface area (TPSA) is 217 Å². The second-order valence-corrected chi connectivity index (χ2v) is 14.9. The van der Waals surface area contributed by atoms with Gasteiger partial charge in [0.2, 0.25) is 0 Å². The van der Waals surface area contributed by atoms with Crippen LogP contribution in [0.3, 0.4) is 0 Å². The monoisotopic (exact) mass is 790 g/mol. The average Bonchev–Trinajstić information content (AvgIpc) is 3.13. The molecule has 0 fully saturated rings. The standard InChI is InChI=1S/C36H34N10O6S2.Na.H/c1-23-5-13-31(25(3)15-23)43-45(35-39-19-37-20-40-35)29-11-9-27(33(17-29)53(47,48)49)7-8-28-10-12-30(18-34(28)54(50,51)52)46(36-41-21-38-22-42-36)44-32-14-6-24(2)16-26(32)4;;/h5-22,43-44H,1-4H3,(H,47,48,49)(H,50,51,52);;/q;+1;-1. The molecule has 0 radical (unpaired) electrons. The van der Waals surface area contributed by atoms with Gasteiger partial charge in [-0.25, -0.2) is 20.0 Å². The molecule has 19 heteroatoms. The number of aromatic nitrogens is 6. The fourth-order valence-electron chi connectivity index (χ4n) is 5.50. The summed E-state index contributed by atoms with van der Waals surface area (Å²) in [5.74, 6) is 0.261. The van der Waals surface area contributed by atoms with E-state index in [4.69, 9.17) is 0 Å². The number of hydrogen-bond acceptors (Lipinski definition) is 14. The number of nitrogens with zero attached hydrogens (tertiary/aromatic N) is 8. The zero-order valence-corrected chi connectivity index (χ0v) is 33.9. The Bertz CT molecular complexity index is 2410. The number of hydrogen-bond donors (Lipinski definition) is 4. The van der Waals surface area contributed by atoms with Gasteiger partial charge in [0.1, 0.15) is 35.1 Å². The summed E-state index contributed by atoms with van der Waals surface area (Å²) in [5.41, 5.74) is 12.1. The van der Waals surface area contributed by atoms with Gasteiger partial charge < -0.3 is 1.43 Å². The molecule has 4 N–H and O–H groups in total. The summed E-state index contributed by atoms with van der Waals surface area (Å²) in [6.07, 6.45) is 7.72. The second kappa shape index (κ2) is 17.0. The van der Waals surface area contributed by atoms with E-state index in [0.717, 1.165) is 22.3 Å². The van der Waals surface area contributed by atoms with Crippen LogP contribution in [0.25, 0.3) is 12.2 Å². The van der Waals surface area contributed by atoms with Gasteiger partial charge in [-0.2, -0.15) is 36.8 Å². The Kier molecular flexibility index (Phi) is 12.6. The van der Waals surface area contributed by atoms with E-state index >= 15 is 0 Å². The van der Waals surface area contributed by atoms with Crippen molar-refractivity contribution in [2.24, 2.45) is 0 Å². The van der Waals surface area contributed by atoms with E-state index in [1.54, 1.807) is 12.1 Å². The van der Waals surface area contributed by atoms with Crippen LogP contribution in [0.1, 0.15) is 34.8 Å². The van der Waals surface area contributed by atoms with Gasteiger partial charge in [-0.05, 0) is 86.3 Å². The van der Waals surface area contributed by atoms with E-state index in [-0.39, 0.29) is 65.4 Å². The van der Waals surface area contributed by atoms with Crippen molar-refractivity contribution in [1.82, 2.24) is 29.9 Å². The summed E-state index contributed by atoms with van der Waals surface area (Å²) in [5, 5.41) is 2.86. The van der Waals surface area contributed by atoms with Crippen LogP contribution in [0.4, 0.5) is 34.6 Å². The van der Waals surface area contributed by atoms with E-state index in [0.29, 0.717) is 11.4 Å². The molecule has 0 atom stereocenters. The molecule has 6 aromatic rings. The maximum atomic E-state index is 12.8. The molecule has 0 saturated carbocycles. The molecule has 2 heterocycles. The average molecular weight is 791 g/mol. The zero-order chi connectivity index (χ0) is 38.6. The fourth-order valence-corrected chi connectivity index (χ4v) is 6.91. The summed E-state index contributed by atoms with van der Waals surface area (Å²) in [7, 11) is -9.69. The Balaban J connectivity index is 0.00000348. The van der Waals surface area contributed by atoms with Crippen LogP contribution in [0.15, 0.2) is 108 Å². The number of hydrazine groups is 2. The maximum absolute atomic E-state index is 12.8. The molecule has 55 heavy (non-hydrogen) atoms. The summed E-state index contributed by atoms with van der Waals surface area (Å²) in [4.78, 5) is 23.6. The molecule has 0 spiro atoms. The van der Waals surface area contributed by atoms with Gasteiger partial charge in [-0.1, -0.05) is 59.7 Å². The van der Waals surface area contributed by atoms with Gasteiger partial charge in [0, 0.05) is 0 Å². The number of aryl methyl sites for hydroxylation is 4. The van der Waals surface area contributed by atoms with Gasteiger partial charge in [0.25, 0.3) is 32.1 Å². The molecule has 4 aromatic carbocycles. The number of anilines is 6. The third-order valence-electron chi connectivity index (χ3n) is 8.10. The summed E-state index contributed by atoms with van der Waals surface area (Å²) < 4.78 is 71.8. The van der Waals surface area contributed by atoms with Crippen LogP contribution in [-0.2, 0) is 20.2 Å². The molecule has 0 aliphatic rings. The van der Waals surface area contributed by atoms with E-state index < -0.39 is 30.0 Å². The van der Waals surface area contributed by atoms with Crippen LogP contribution in [-0.4, -0.2) is 55.8 Å². The van der Waals surface area contributed by atoms with Gasteiger partial charge in [-0.15, -0.1) is 0 Å². The maximum Gasteiger partial charge on any atom is 1.00 e. The Hall–Kier alpha value is -5.34. The zero-order valence-electron chi connectivity index (χ0n) is 31.3. The molecular formula is C36H35N10NaO6S2. The van der Waals surface area contributed by atoms with Crippen LogP contribution in [0, 0.1) is 27.7 Å². The first-order valence-corrected chi connectivity index (χ1v) is 19.0. The van der Waals surface area contributed by atoms with E-state index in [1.807, 2.05) is 64.1 Å². The van der Waals surface area contributed by atoms with Crippen molar-refractivity contribution < 1.29 is 56.9 Å². The molecule has 0 unspecified atom stereocenters. The minimum atomic E-state index is -4.85. The van der Waals surface area contributed by atoms with Crippen LogP contribution >= 0.6 is 0 Å². The van der Waals surface area contributed by atoms with Gasteiger partial charge in [0.15, 0.2) is 0 Å². The summed E-state index contributed by atoms with van der Waals surface area (Å²) in [6, 6.07) is 19.8. The predicted molar refractivity (Wildman–Crippen MR) is 206 cm³/mol. The Morgan fingerprint density at radius 1 is 0.564 bits per heavy atom. The quantitative estimate of drug-likeness (QED) is 0.0605. The van der Waals surface area contributed by atoms with Crippen molar-refractivity contribution >= 4 is 67.0 Å². The minimum Gasteiger partial charge on any atom is -1.00 e. The van der Waals surface area contributed by atoms with E-state index in [1.165, 1.54) is 71.7 Å². The number of benzene rings is 4. The van der Waals surface area contributed by atoms with Crippen LogP contribution in [0.5, 0.6) is 0 Å². The SMILES string of the molecule is Cc1ccc(NN(c2ccc(C=Cc3ccc(N(Nc4ccc(C)cc4C)c4ncncn4)cc3S(=O)(=O)O)c(S(=O)(=O)O)c2)c2ncncn2)c(C)c1.[H-].[Na+]. The number of nitrogens with one attached hydrogen (secondary N) is 2. The minimum absolute atomic E-state index is 0. The van der Waals surface area contributed by atoms with Gasteiger partial charge in [0.05, 0.1) is 22.7 Å². The largest absolute Gasteiger partial charge is 1.00 e. The molecular weight excluding hydrogens is 756 g/mol. The van der Waals surface area contributed by atoms with Crippen LogP contribution in [0.2, 0.25) is 0 Å². The smallest absolute Gasteiger partial charge is 1.00 e. The Labute approximate surface area is 341 Å². The first-order valence-electron chi connectivity index (χ1n) is 16.1. The van der Waals surface area contributed by atoms with Gasteiger partial charge in [-0.3, -0.25) is 20.0 Å². The van der Waals surface area contributed by atoms with Crippen molar-refractivity contribution in [2.75, 3.05) is 20.9 Å². The van der Waals surface area contributed by atoms with Crippen molar-refractivity contribution in [1.29, 1.82) is 0 Å². The van der Waals surface area contributed by atoms with E-state index in [9.17, 15) is 25.9 Å². The molecule has 6 rings (SSSR count). The fraction of sp³-hybridized carbons (Fsp3) is 0.111. The predicted octanol–water partition coefficient (Wildman–Crippen LogP) is 3.40. The van der Waals surface area contributed by atoms with Crippen LogP contribution < -0.4 is 50.4 Å². The molecule has 0 saturated heterocycles.